The number of hydrogen-bond donors (Lipinski definition) is 0. The summed E-state index contributed by atoms with van der Waals surface area (Å²) >= 11 is 0. The molecule has 2 fully saturated rings. The van der Waals surface area contributed by atoms with Crippen LogP contribution in [0.2, 0.25) is 0 Å². The maximum atomic E-state index is 12.8. The molecule has 0 radical (unpaired) electrons. The van der Waals surface area contributed by atoms with Crippen molar-refractivity contribution in [1.82, 2.24) is 30.0 Å². The van der Waals surface area contributed by atoms with E-state index in [-0.39, 0.29) is 18.5 Å². The Bertz CT molecular complexity index is 528. The molecule has 1 atom stereocenters. The minimum absolute atomic E-state index is 0.116. The lowest BCUT2D eigenvalue weighted by atomic mass is 9.99. The van der Waals surface area contributed by atoms with Crippen molar-refractivity contribution >= 4 is 5.91 Å². The van der Waals surface area contributed by atoms with Gasteiger partial charge in [0.15, 0.2) is 5.82 Å². The van der Waals surface area contributed by atoms with E-state index in [1.54, 1.807) is 11.8 Å². The van der Waals surface area contributed by atoms with E-state index in [0.29, 0.717) is 6.61 Å². The SMILES string of the molecule is COCCC1CCCCN1C(=O)Cn1nnnc1CN1CCCC1. The third-order valence-corrected chi connectivity index (χ3v) is 5.06. The molecule has 0 aliphatic carbocycles. The largest absolute Gasteiger partial charge is 0.385 e. The first-order valence-corrected chi connectivity index (χ1v) is 9.03. The van der Waals surface area contributed by atoms with Crippen LogP contribution in [0.4, 0.5) is 0 Å². The van der Waals surface area contributed by atoms with Crippen LogP contribution in [-0.4, -0.2) is 75.3 Å². The predicted molar refractivity (Wildman–Crippen MR) is 88.2 cm³/mol. The molecule has 3 heterocycles. The zero-order valence-corrected chi connectivity index (χ0v) is 14.6. The van der Waals surface area contributed by atoms with Crippen LogP contribution >= 0.6 is 0 Å². The van der Waals surface area contributed by atoms with Gasteiger partial charge in [-0.05, 0) is 62.0 Å². The third-order valence-electron chi connectivity index (χ3n) is 5.06. The summed E-state index contributed by atoms with van der Waals surface area (Å²) < 4.78 is 6.86. The minimum atomic E-state index is 0.116. The van der Waals surface area contributed by atoms with Gasteiger partial charge in [-0.25, -0.2) is 4.68 Å². The first-order chi connectivity index (χ1) is 11.8. The monoisotopic (exact) mass is 336 g/mol. The molecular formula is C16H28N6O2. The molecule has 2 aliphatic rings. The van der Waals surface area contributed by atoms with Crippen LogP contribution in [0.1, 0.15) is 44.3 Å². The molecule has 8 heteroatoms. The number of carbonyl (C=O) groups excluding carboxylic acids is 1. The zero-order chi connectivity index (χ0) is 16.8. The molecule has 0 spiro atoms. The molecule has 2 aliphatic heterocycles. The van der Waals surface area contributed by atoms with Gasteiger partial charge in [0.05, 0.1) is 6.54 Å². The van der Waals surface area contributed by atoms with Gasteiger partial charge in [-0.2, -0.15) is 0 Å². The first kappa shape index (κ1) is 17.3. The smallest absolute Gasteiger partial charge is 0.244 e. The predicted octanol–water partition coefficient (Wildman–Crippen LogP) is 0.687. The fraction of sp³-hybridized carbons (Fsp3) is 0.875. The minimum Gasteiger partial charge on any atom is -0.385 e. The fourth-order valence-electron chi connectivity index (χ4n) is 3.70. The molecule has 2 saturated heterocycles. The Hall–Kier alpha value is -1.54. The highest BCUT2D eigenvalue weighted by atomic mass is 16.5. The number of methoxy groups -OCH3 is 1. The van der Waals surface area contributed by atoms with Crippen molar-refractivity contribution in [2.24, 2.45) is 0 Å². The zero-order valence-electron chi connectivity index (χ0n) is 14.6. The van der Waals surface area contributed by atoms with Gasteiger partial charge in [0.25, 0.3) is 0 Å². The van der Waals surface area contributed by atoms with Crippen molar-refractivity contribution in [2.45, 2.75) is 57.7 Å². The van der Waals surface area contributed by atoms with Crippen LogP contribution < -0.4 is 0 Å². The number of nitrogens with zero attached hydrogens (tertiary/aromatic N) is 6. The molecule has 1 aromatic rings. The number of ether oxygens (including phenoxy) is 1. The average Bonchev–Trinajstić information content (AvgIpc) is 3.26. The average molecular weight is 336 g/mol. The van der Waals surface area contributed by atoms with Gasteiger partial charge in [-0.1, -0.05) is 0 Å². The van der Waals surface area contributed by atoms with E-state index in [1.807, 2.05) is 4.90 Å². The number of aromatic nitrogens is 4. The summed E-state index contributed by atoms with van der Waals surface area (Å²) in [5, 5.41) is 11.9. The number of amides is 1. The molecule has 8 nitrogen and oxygen atoms in total. The van der Waals surface area contributed by atoms with Crippen LogP contribution in [0.25, 0.3) is 0 Å². The maximum Gasteiger partial charge on any atom is 0.244 e. The molecule has 0 bridgehead atoms. The van der Waals surface area contributed by atoms with Crippen molar-refractivity contribution in [1.29, 1.82) is 0 Å². The molecule has 24 heavy (non-hydrogen) atoms. The number of piperidine rings is 1. The fourth-order valence-corrected chi connectivity index (χ4v) is 3.70. The lowest BCUT2D eigenvalue weighted by Gasteiger charge is -2.35. The van der Waals surface area contributed by atoms with E-state index in [1.165, 1.54) is 19.3 Å². The molecule has 134 valence electrons. The van der Waals surface area contributed by atoms with Gasteiger partial charge in [-0.3, -0.25) is 9.69 Å². The van der Waals surface area contributed by atoms with Crippen molar-refractivity contribution in [3.8, 4) is 0 Å². The molecule has 1 unspecified atom stereocenters. The van der Waals surface area contributed by atoms with E-state index in [0.717, 1.165) is 51.3 Å². The Morgan fingerprint density at radius 3 is 2.79 bits per heavy atom. The number of carbonyl (C=O) groups is 1. The van der Waals surface area contributed by atoms with Crippen LogP contribution in [0.3, 0.4) is 0 Å². The number of tetrazole rings is 1. The second-order valence-electron chi connectivity index (χ2n) is 6.75. The lowest BCUT2D eigenvalue weighted by molar-refractivity contribution is -0.136. The summed E-state index contributed by atoms with van der Waals surface area (Å²) in [6.07, 6.45) is 6.68. The molecule has 0 saturated carbocycles. The van der Waals surface area contributed by atoms with E-state index in [9.17, 15) is 4.79 Å². The van der Waals surface area contributed by atoms with E-state index < -0.39 is 0 Å². The summed E-state index contributed by atoms with van der Waals surface area (Å²) in [6.45, 7) is 4.67. The van der Waals surface area contributed by atoms with Gasteiger partial charge in [-0.15, -0.1) is 5.10 Å². The highest BCUT2D eigenvalue weighted by Gasteiger charge is 2.27. The molecule has 0 aromatic carbocycles. The summed E-state index contributed by atoms with van der Waals surface area (Å²) in [5.41, 5.74) is 0. The van der Waals surface area contributed by atoms with Gasteiger partial charge >= 0.3 is 0 Å². The van der Waals surface area contributed by atoms with Crippen molar-refractivity contribution < 1.29 is 9.53 Å². The highest BCUT2D eigenvalue weighted by Crippen LogP contribution is 2.20. The Labute approximate surface area is 143 Å². The molecule has 0 N–H and O–H groups in total. The summed E-state index contributed by atoms with van der Waals surface area (Å²) in [6, 6.07) is 0.282. The Balaban J connectivity index is 1.60. The molecule has 3 rings (SSSR count). The lowest BCUT2D eigenvalue weighted by Crippen LogP contribution is -2.46. The van der Waals surface area contributed by atoms with Crippen molar-refractivity contribution in [2.75, 3.05) is 33.4 Å². The Morgan fingerprint density at radius 1 is 1.21 bits per heavy atom. The molecule has 1 aromatic heterocycles. The maximum absolute atomic E-state index is 12.8. The van der Waals surface area contributed by atoms with Crippen molar-refractivity contribution in [3.63, 3.8) is 0 Å². The summed E-state index contributed by atoms with van der Waals surface area (Å²) in [4.78, 5) is 17.1. The standard InChI is InChI=1S/C16H28N6O2/c1-24-11-7-14-6-2-3-10-21(14)16(23)13-22-15(17-18-19-22)12-20-8-4-5-9-20/h14H,2-13H2,1H3. The Morgan fingerprint density at radius 2 is 2.00 bits per heavy atom. The van der Waals surface area contributed by atoms with Gasteiger partial charge in [0.2, 0.25) is 5.91 Å². The first-order valence-electron chi connectivity index (χ1n) is 9.03. The number of hydrogen-bond acceptors (Lipinski definition) is 6. The Kier molecular flexibility index (Phi) is 6.14. The molecule has 1 amide bonds. The van der Waals surface area contributed by atoms with E-state index in [4.69, 9.17) is 4.74 Å². The molecular weight excluding hydrogens is 308 g/mol. The van der Waals surface area contributed by atoms with Gasteiger partial charge < -0.3 is 9.64 Å². The summed E-state index contributed by atoms with van der Waals surface area (Å²) in [5.74, 6) is 0.904. The normalized spacial score (nSPS) is 22.2. The van der Waals surface area contributed by atoms with Gasteiger partial charge in [0.1, 0.15) is 6.54 Å². The van der Waals surface area contributed by atoms with Crippen LogP contribution in [0.15, 0.2) is 0 Å². The third kappa shape index (κ3) is 4.30. The number of rotatable bonds is 7. The quantitative estimate of drug-likeness (QED) is 0.729. The van der Waals surface area contributed by atoms with E-state index >= 15 is 0 Å². The second-order valence-corrected chi connectivity index (χ2v) is 6.75. The second kappa shape index (κ2) is 8.53. The van der Waals surface area contributed by atoms with Gasteiger partial charge in [0, 0.05) is 26.3 Å². The van der Waals surface area contributed by atoms with E-state index in [2.05, 4.69) is 20.4 Å². The topological polar surface area (TPSA) is 76.4 Å². The van der Waals surface area contributed by atoms with Crippen LogP contribution in [0.5, 0.6) is 0 Å². The van der Waals surface area contributed by atoms with Crippen LogP contribution in [0, 0.1) is 0 Å². The summed E-state index contributed by atoms with van der Waals surface area (Å²) in [7, 11) is 1.71. The van der Waals surface area contributed by atoms with Crippen molar-refractivity contribution in [3.05, 3.63) is 5.82 Å². The highest BCUT2D eigenvalue weighted by molar-refractivity contribution is 5.76. The van der Waals surface area contributed by atoms with Crippen LogP contribution in [-0.2, 0) is 22.6 Å². The number of likely N-dealkylation sites (tertiary alicyclic amines) is 2.